The van der Waals surface area contributed by atoms with E-state index in [-0.39, 0.29) is 25.7 Å². The van der Waals surface area contributed by atoms with Crippen molar-refractivity contribution in [2.24, 2.45) is 5.92 Å². The van der Waals surface area contributed by atoms with Crippen LogP contribution in [0.2, 0.25) is 0 Å². The van der Waals surface area contributed by atoms with E-state index in [1.165, 1.54) is 148 Å². The Morgan fingerprint density at radius 1 is 0.321 bits per heavy atom. The van der Waals surface area contributed by atoms with E-state index in [0.717, 1.165) is 102 Å². The number of carbonyl (C=O) groups is 4. The van der Waals surface area contributed by atoms with Gasteiger partial charge in [0.15, 0.2) is 12.2 Å². The molecule has 5 atom stereocenters. The monoisotopic (exact) mass is 1240 g/mol. The summed E-state index contributed by atoms with van der Waals surface area (Å²) in [4.78, 5) is 72.0. The van der Waals surface area contributed by atoms with Gasteiger partial charge in [-0.05, 0) is 31.6 Å². The quantitative estimate of drug-likeness (QED) is 0.0222. The van der Waals surface area contributed by atoms with Crippen molar-refractivity contribution in [3.8, 4) is 0 Å². The van der Waals surface area contributed by atoms with Crippen LogP contribution >= 0.6 is 15.6 Å². The Bertz CT molecular complexity index is 1640. The van der Waals surface area contributed by atoms with Crippen molar-refractivity contribution in [3.05, 3.63) is 0 Å². The predicted octanol–water partition coefficient (Wildman–Crippen LogP) is 18.2. The fraction of sp³-hybridized carbons (Fsp3) is 0.938. The predicted molar refractivity (Wildman–Crippen MR) is 335 cm³/mol. The third-order valence-electron chi connectivity index (χ3n) is 15.0. The van der Waals surface area contributed by atoms with Gasteiger partial charge >= 0.3 is 39.5 Å². The summed E-state index contributed by atoms with van der Waals surface area (Å²) >= 11 is 0. The fourth-order valence-electron chi connectivity index (χ4n) is 9.76. The third kappa shape index (κ3) is 59.0. The molecule has 84 heavy (non-hydrogen) atoms. The molecule has 3 N–H and O–H groups in total. The molecule has 0 aromatic carbocycles. The van der Waals surface area contributed by atoms with Gasteiger partial charge < -0.3 is 33.8 Å². The molecule has 0 aliphatic rings. The lowest BCUT2D eigenvalue weighted by Gasteiger charge is -2.21. The Labute approximate surface area is 511 Å². The number of unbranched alkanes of at least 4 members (excludes halogenated alkanes) is 37. The van der Waals surface area contributed by atoms with Gasteiger partial charge in [0, 0.05) is 25.7 Å². The van der Waals surface area contributed by atoms with Gasteiger partial charge in [-0.3, -0.25) is 37.3 Å². The number of phosphoric acid groups is 2. The zero-order valence-electron chi connectivity index (χ0n) is 54.0. The number of rotatable bonds is 65. The molecular formula is C65H126O17P2. The maximum atomic E-state index is 13.0. The Hall–Kier alpha value is -1.94. The second-order valence-electron chi connectivity index (χ2n) is 24.0. The highest BCUT2D eigenvalue weighted by Crippen LogP contribution is 2.45. The van der Waals surface area contributed by atoms with E-state index < -0.39 is 97.5 Å². The molecule has 0 aromatic rings. The van der Waals surface area contributed by atoms with E-state index in [4.69, 9.17) is 37.0 Å². The van der Waals surface area contributed by atoms with Gasteiger partial charge in [0.1, 0.15) is 19.3 Å². The lowest BCUT2D eigenvalue weighted by molar-refractivity contribution is -0.161. The van der Waals surface area contributed by atoms with Crippen LogP contribution in [0.5, 0.6) is 0 Å². The number of carbonyl (C=O) groups excluding carboxylic acids is 4. The lowest BCUT2D eigenvalue weighted by atomic mass is 10.0. The third-order valence-corrected chi connectivity index (χ3v) is 16.9. The van der Waals surface area contributed by atoms with Crippen molar-refractivity contribution in [2.45, 2.75) is 348 Å². The van der Waals surface area contributed by atoms with Crippen LogP contribution in [0.1, 0.15) is 330 Å². The molecule has 0 heterocycles. The number of hydrogen-bond donors (Lipinski definition) is 3. The van der Waals surface area contributed by atoms with Crippen molar-refractivity contribution < 1.29 is 80.2 Å². The summed E-state index contributed by atoms with van der Waals surface area (Å²) in [7, 11) is -9.88. The highest BCUT2D eigenvalue weighted by atomic mass is 31.2. The number of aliphatic hydroxyl groups excluding tert-OH is 1. The second kappa shape index (κ2) is 58.7. The first-order valence-corrected chi connectivity index (χ1v) is 37.1. The standard InChI is InChI=1S/C65H126O17P2/c1-6-9-12-15-17-19-21-22-27-30-34-39-44-49-63(68)76-55-61(82-65(70)51-46-41-36-32-28-24-23-26-29-33-38-42-47-58(4)5)57-80-84(73,74)78-53-59(66)52-77-83(71,72)79-56-60(54-75-62(67)48-43-37-14-11-8-3)81-64(69)50-45-40-35-31-25-20-18-16-13-10-7-2/h58-61,66H,6-57H2,1-5H3,(H,71,72)(H,73,74)/t59-,60+,61+/m0/s1. The van der Waals surface area contributed by atoms with Crippen LogP contribution in [-0.4, -0.2) is 96.7 Å². The normalized spacial score (nSPS) is 14.2. The van der Waals surface area contributed by atoms with Gasteiger partial charge in [-0.2, -0.15) is 0 Å². The summed E-state index contributed by atoms with van der Waals surface area (Å²) in [6.45, 7) is 7.13. The van der Waals surface area contributed by atoms with Gasteiger partial charge in [0.05, 0.1) is 26.4 Å². The molecule has 0 aromatic heterocycles. The van der Waals surface area contributed by atoms with Gasteiger partial charge in [-0.25, -0.2) is 9.13 Å². The summed E-state index contributed by atoms with van der Waals surface area (Å²) < 4.78 is 67.9. The Morgan fingerprint density at radius 2 is 0.548 bits per heavy atom. The van der Waals surface area contributed by atoms with E-state index in [1.807, 2.05) is 0 Å². The van der Waals surface area contributed by atoms with E-state index >= 15 is 0 Å². The van der Waals surface area contributed by atoms with Crippen molar-refractivity contribution in [3.63, 3.8) is 0 Å². The number of phosphoric ester groups is 2. The molecule has 0 bridgehead atoms. The van der Waals surface area contributed by atoms with Crippen LogP contribution < -0.4 is 0 Å². The molecule has 0 aliphatic carbocycles. The van der Waals surface area contributed by atoms with Gasteiger partial charge in [0.25, 0.3) is 0 Å². The molecule has 0 rings (SSSR count). The number of hydrogen-bond acceptors (Lipinski definition) is 15. The number of ether oxygens (including phenoxy) is 4. The summed E-state index contributed by atoms with van der Waals surface area (Å²) in [6, 6.07) is 0. The molecule has 498 valence electrons. The van der Waals surface area contributed by atoms with Crippen LogP contribution in [0.25, 0.3) is 0 Å². The molecular weight excluding hydrogens is 1110 g/mol. The smallest absolute Gasteiger partial charge is 0.462 e. The fourth-order valence-corrected chi connectivity index (χ4v) is 11.3. The summed E-state index contributed by atoms with van der Waals surface area (Å²) in [5.41, 5.74) is 0. The summed E-state index contributed by atoms with van der Waals surface area (Å²) in [6.07, 6.45) is 43.3. The van der Waals surface area contributed by atoms with E-state index in [9.17, 15) is 43.2 Å². The summed E-state index contributed by atoms with van der Waals surface area (Å²) in [5.74, 6) is -1.36. The van der Waals surface area contributed by atoms with E-state index in [1.54, 1.807) is 0 Å². The van der Waals surface area contributed by atoms with Crippen molar-refractivity contribution >= 4 is 39.5 Å². The highest BCUT2D eigenvalue weighted by molar-refractivity contribution is 7.47. The molecule has 0 aliphatic heterocycles. The Balaban J connectivity index is 5.17. The van der Waals surface area contributed by atoms with Crippen LogP contribution in [-0.2, 0) is 65.4 Å². The van der Waals surface area contributed by atoms with Gasteiger partial charge in [-0.1, -0.05) is 279 Å². The maximum Gasteiger partial charge on any atom is 0.472 e. The lowest BCUT2D eigenvalue weighted by Crippen LogP contribution is -2.30. The minimum Gasteiger partial charge on any atom is -0.462 e. The van der Waals surface area contributed by atoms with Gasteiger partial charge in [0.2, 0.25) is 0 Å². The molecule has 0 saturated carbocycles. The SMILES string of the molecule is CCCCCCCCCCCCCCCC(=O)OC[C@H](COP(=O)(O)OC[C@@H](O)COP(=O)(O)OC[C@@H](COC(=O)CCCCCCC)OC(=O)CCCCCCCCCCCCC)OC(=O)CCCCCCCCCCCCCCC(C)C. The molecule has 17 nitrogen and oxygen atoms in total. The molecule has 0 radical (unpaired) electrons. The van der Waals surface area contributed by atoms with Crippen molar-refractivity contribution in [1.82, 2.24) is 0 Å². The van der Waals surface area contributed by atoms with Crippen molar-refractivity contribution in [2.75, 3.05) is 39.6 Å². The van der Waals surface area contributed by atoms with Gasteiger partial charge in [-0.15, -0.1) is 0 Å². The number of aliphatic hydroxyl groups is 1. The molecule has 0 saturated heterocycles. The Morgan fingerprint density at radius 3 is 0.810 bits per heavy atom. The molecule has 0 spiro atoms. The van der Waals surface area contributed by atoms with E-state index in [2.05, 4.69) is 34.6 Å². The molecule has 0 fully saturated rings. The van der Waals surface area contributed by atoms with Crippen LogP contribution in [0, 0.1) is 5.92 Å². The van der Waals surface area contributed by atoms with Crippen molar-refractivity contribution in [1.29, 1.82) is 0 Å². The minimum atomic E-state index is -4.94. The zero-order chi connectivity index (χ0) is 62.0. The first kappa shape index (κ1) is 82.1. The zero-order valence-corrected chi connectivity index (χ0v) is 55.8. The maximum absolute atomic E-state index is 13.0. The average Bonchev–Trinajstić information content (AvgIpc) is 3.49. The van der Waals surface area contributed by atoms with Crippen LogP contribution in [0.4, 0.5) is 0 Å². The first-order chi connectivity index (χ1) is 40.5. The average molecular weight is 1240 g/mol. The Kier molecular flexibility index (Phi) is 57.4. The topological polar surface area (TPSA) is 237 Å². The largest absolute Gasteiger partial charge is 0.472 e. The second-order valence-corrected chi connectivity index (χ2v) is 26.9. The molecule has 0 amide bonds. The van der Waals surface area contributed by atoms with Crippen LogP contribution in [0.15, 0.2) is 0 Å². The highest BCUT2D eigenvalue weighted by Gasteiger charge is 2.30. The van der Waals surface area contributed by atoms with Crippen LogP contribution in [0.3, 0.4) is 0 Å². The first-order valence-electron chi connectivity index (χ1n) is 34.1. The number of esters is 4. The molecule has 2 unspecified atom stereocenters. The van der Waals surface area contributed by atoms with E-state index in [0.29, 0.717) is 25.7 Å². The summed E-state index contributed by atoms with van der Waals surface area (Å²) in [5, 5.41) is 10.5. The molecule has 19 heteroatoms. The minimum absolute atomic E-state index is 0.106.